The monoisotopic (exact) mass is 461 g/mol. The first-order valence-corrected chi connectivity index (χ1v) is 11.2. The molecule has 0 saturated heterocycles. The maximum atomic E-state index is 14.4. The Labute approximate surface area is 183 Å². The van der Waals surface area contributed by atoms with Crippen molar-refractivity contribution in [2.45, 2.75) is 12.7 Å². The van der Waals surface area contributed by atoms with Gasteiger partial charge in [0.1, 0.15) is 23.1 Å². The second kappa shape index (κ2) is 9.65. The highest BCUT2D eigenvalue weighted by atomic mass is 32.2. The normalized spacial score (nSPS) is 12.5. The fourth-order valence-corrected chi connectivity index (χ4v) is 4.18. The summed E-state index contributed by atoms with van der Waals surface area (Å²) in [5, 5.41) is 11.5. The Hall–Kier alpha value is -3.65. The highest BCUT2D eigenvalue weighted by molar-refractivity contribution is 7.92. The van der Waals surface area contributed by atoms with Crippen LogP contribution in [0.25, 0.3) is 11.3 Å². The van der Waals surface area contributed by atoms with Gasteiger partial charge >= 0.3 is 0 Å². The predicted molar refractivity (Wildman–Crippen MR) is 114 cm³/mol. The number of halogens is 3. The van der Waals surface area contributed by atoms with Crippen LogP contribution < -0.4 is 10.1 Å². The number of methoxy groups -OCH3 is 1. The van der Waals surface area contributed by atoms with E-state index in [0.717, 1.165) is 24.4 Å². The predicted octanol–water partition coefficient (Wildman–Crippen LogP) is 4.78. The average molecular weight is 461 g/mol. The zero-order valence-corrected chi connectivity index (χ0v) is 17.9. The van der Waals surface area contributed by atoms with Crippen LogP contribution >= 0.6 is 0 Å². The van der Waals surface area contributed by atoms with Crippen molar-refractivity contribution in [3.63, 3.8) is 0 Å². The van der Waals surface area contributed by atoms with E-state index in [4.69, 9.17) is 10.00 Å². The van der Waals surface area contributed by atoms with Crippen LogP contribution in [-0.2, 0) is 15.5 Å². The van der Waals surface area contributed by atoms with E-state index >= 15 is 0 Å². The van der Waals surface area contributed by atoms with Crippen molar-refractivity contribution in [2.75, 3.05) is 18.2 Å². The maximum absolute atomic E-state index is 14.4. The van der Waals surface area contributed by atoms with Crippen molar-refractivity contribution in [3.05, 3.63) is 65.6 Å². The summed E-state index contributed by atoms with van der Waals surface area (Å²) >= 11 is 0. The van der Waals surface area contributed by atoms with E-state index in [1.165, 1.54) is 31.5 Å². The molecule has 3 aromatic rings. The molecular weight excluding hydrogens is 443 g/mol. The molecular formula is C21H18F3N5O2S. The van der Waals surface area contributed by atoms with Gasteiger partial charge in [0, 0.05) is 23.1 Å². The Morgan fingerprint density at radius 2 is 1.97 bits per heavy atom. The minimum Gasteiger partial charge on any atom is -0.496 e. The molecule has 1 aromatic heterocycles. The van der Waals surface area contributed by atoms with Gasteiger partial charge in [0.15, 0.2) is 5.82 Å². The minimum atomic E-state index is -2.85. The molecule has 166 valence electrons. The number of hydrogen-bond acceptors (Lipinski definition) is 7. The van der Waals surface area contributed by atoms with Gasteiger partial charge in [-0.2, -0.15) is 5.26 Å². The third kappa shape index (κ3) is 5.33. The van der Waals surface area contributed by atoms with Crippen molar-refractivity contribution < 1.29 is 22.1 Å². The van der Waals surface area contributed by atoms with Crippen molar-refractivity contribution in [1.82, 2.24) is 9.97 Å². The number of anilines is 2. The number of hydrogen-bond donors (Lipinski definition) is 1. The van der Waals surface area contributed by atoms with Crippen LogP contribution in [0.5, 0.6) is 5.75 Å². The first-order chi connectivity index (χ1) is 15.3. The molecule has 2 aromatic carbocycles. The summed E-state index contributed by atoms with van der Waals surface area (Å²) in [4.78, 5) is 7.98. The average Bonchev–Trinajstić information content (AvgIpc) is 2.75. The lowest BCUT2D eigenvalue weighted by Crippen LogP contribution is -2.07. The van der Waals surface area contributed by atoms with Gasteiger partial charge in [-0.1, -0.05) is 6.92 Å². The second-order valence-electron chi connectivity index (χ2n) is 6.60. The largest absolute Gasteiger partial charge is 0.496 e. The summed E-state index contributed by atoms with van der Waals surface area (Å²) in [7, 11) is -1.53. The zero-order chi connectivity index (χ0) is 23.3. The summed E-state index contributed by atoms with van der Waals surface area (Å²) in [6.07, 6.45) is 2.46. The second-order valence-corrected chi connectivity index (χ2v) is 9.20. The van der Waals surface area contributed by atoms with Crippen LogP contribution in [0.4, 0.5) is 24.8 Å². The fourth-order valence-electron chi connectivity index (χ4n) is 2.95. The fraction of sp³-hybridized carbons (Fsp3) is 0.190. The van der Waals surface area contributed by atoms with Crippen molar-refractivity contribution in [1.29, 1.82) is 5.26 Å². The van der Waals surface area contributed by atoms with E-state index in [0.29, 0.717) is 5.56 Å². The first-order valence-electron chi connectivity index (χ1n) is 9.30. The van der Waals surface area contributed by atoms with Crippen LogP contribution in [0.1, 0.15) is 12.5 Å². The molecule has 7 nitrogen and oxygen atoms in total. The molecule has 0 radical (unpaired) electrons. The molecule has 0 aliphatic carbocycles. The van der Waals surface area contributed by atoms with Gasteiger partial charge in [-0.15, -0.1) is 4.36 Å². The number of aromatic nitrogens is 2. The van der Waals surface area contributed by atoms with Gasteiger partial charge in [0.25, 0.3) is 0 Å². The van der Waals surface area contributed by atoms with Crippen LogP contribution in [-0.4, -0.2) is 27.0 Å². The zero-order valence-electron chi connectivity index (χ0n) is 17.1. The van der Waals surface area contributed by atoms with E-state index in [9.17, 15) is 17.4 Å². The van der Waals surface area contributed by atoms with Crippen LogP contribution in [0.15, 0.2) is 47.0 Å². The van der Waals surface area contributed by atoms with E-state index in [1.807, 2.05) is 0 Å². The highest BCUT2D eigenvalue weighted by Crippen LogP contribution is 2.31. The SMILES string of the molecule is CCS(=O)(Cc1cc(F)cc(Nc2ncc(F)c(-c3ccc(F)cc3OC)n2)c1)=NC#N. The van der Waals surface area contributed by atoms with Crippen LogP contribution in [0, 0.1) is 28.9 Å². The Morgan fingerprint density at radius 3 is 2.66 bits per heavy atom. The molecule has 1 atom stereocenters. The number of rotatable bonds is 7. The molecule has 0 aliphatic rings. The van der Waals surface area contributed by atoms with Gasteiger partial charge in [-0.3, -0.25) is 0 Å². The first kappa shape index (κ1) is 23.0. The molecule has 11 heteroatoms. The van der Waals surface area contributed by atoms with Crippen LogP contribution in [0.3, 0.4) is 0 Å². The smallest absolute Gasteiger partial charge is 0.227 e. The van der Waals surface area contributed by atoms with Crippen molar-refractivity contribution in [2.24, 2.45) is 4.36 Å². The van der Waals surface area contributed by atoms with Crippen molar-refractivity contribution in [3.8, 4) is 23.2 Å². The Morgan fingerprint density at radius 1 is 1.19 bits per heavy atom. The van der Waals surface area contributed by atoms with Gasteiger partial charge < -0.3 is 10.1 Å². The van der Waals surface area contributed by atoms with Gasteiger partial charge in [-0.05, 0) is 35.9 Å². The number of nitriles is 1. The minimum absolute atomic E-state index is 0.0535. The number of nitrogens with one attached hydrogen (secondary N) is 1. The summed E-state index contributed by atoms with van der Waals surface area (Å²) in [5.74, 6) is -1.91. The molecule has 1 unspecified atom stereocenters. The number of ether oxygens (including phenoxy) is 1. The quantitative estimate of drug-likeness (QED) is 0.508. The summed E-state index contributed by atoms with van der Waals surface area (Å²) in [6.45, 7) is 1.62. The highest BCUT2D eigenvalue weighted by Gasteiger charge is 2.16. The summed E-state index contributed by atoms with van der Waals surface area (Å²) in [5.41, 5.74) is 0.634. The summed E-state index contributed by atoms with van der Waals surface area (Å²) in [6, 6.07) is 7.42. The lowest BCUT2D eigenvalue weighted by atomic mass is 10.1. The van der Waals surface area contributed by atoms with Crippen LogP contribution in [0.2, 0.25) is 0 Å². The number of benzene rings is 2. The van der Waals surface area contributed by atoms with E-state index in [2.05, 4.69) is 19.6 Å². The van der Waals surface area contributed by atoms with Gasteiger partial charge in [0.05, 0.1) is 28.8 Å². The number of nitrogens with zero attached hydrogens (tertiary/aromatic N) is 4. The molecule has 0 saturated carbocycles. The molecule has 3 rings (SSSR count). The third-order valence-electron chi connectivity index (χ3n) is 4.43. The molecule has 0 fully saturated rings. The van der Waals surface area contributed by atoms with Gasteiger partial charge in [-0.25, -0.2) is 27.3 Å². The molecule has 1 N–H and O–H groups in total. The van der Waals surface area contributed by atoms with Crippen molar-refractivity contribution >= 4 is 21.4 Å². The van der Waals surface area contributed by atoms with E-state index in [1.54, 1.807) is 6.92 Å². The maximum Gasteiger partial charge on any atom is 0.227 e. The van der Waals surface area contributed by atoms with E-state index in [-0.39, 0.29) is 40.1 Å². The van der Waals surface area contributed by atoms with Gasteiger partial charge in [0.2, 0.25) is 12.1 Å². The lowest BCUT2D eigenvalue weighted by Gasteiger charge is -2.12. The van der Waals surface area contributed by atoms with E-state index < -0.39 is 27.2 Å². The molecule has 32 heavy (non-hydrogen) atoms. The molecule has 0 amide bonds. The Balaban J connectivity index is 1.96. The Bertz CT molecular complexity index is 1320. The topological polar surface area (TPSA) is 100 Å². The summed E-state index contributed by atoms with van der Waals surface area (Å²) < 4.78 is 63.2. The molecule has 0 bridgehead atoms. The Kier molecular flexibility index (Phi) is 6.95. The molecule has 0 spiro atoms. The lowest BCUT2D eigenvalue weighted by molar-refractivity contribution is 0.412. The molecule has 0 aliphatic heterocycles. The standard InChI is InChI=1S/C21H18F3N5O2S/c1-3-32(30,27-12-25)11-13-6-15(23)8-16(7-13)28-21-26-10-18(24)20(29-21)17-5-4-14(22)9-19(17)31-2/h4-10H,3,11H2,1-2H3,(H,26,28,29). The molecule has 1 heterocycles. The third-order valence-corrected chi connectivity index (χ3v) is 6.53.